The van der Waals surface area contributed by atoms with E-state index in [9.17, 15) is 34.2 Å². The molecule has 2 aromatic carbocycles. The third kappa shape index (κ3) is 11.7. The molecule has 0 spiro atoms. The largest absolute Gasteiger partial charge is 0.461 e. The van der Waals surface area contributed by atoms with Crippen LogP contribution in [0.3, 0.4) is 0 Å². The molecule has 15 nitrogen and oxygen atoms in total. The van der Waals surface area contributed by atoms with E-state index in [0.29, 0.717) is 0 Å². The van der Waals surface area contributed by atoms with Crippen LogP contribution in [0, 0.1) is 0 Å². The number of carbonyl (C=O) groups excluding carboxylic acids is 5. The highest BCUT2D eigenvalue weighted by Gasteiger charge is 2.48. The zero-order chi connectivity index (χ0) is 35.2. The molecule has 48 heavy (non-hydrogen) atoms. The summed E-state index contributed by atoms with van der Waals surface area (Å²) in [5.74, 6) is -3.48. The lowest BCUT2D eigenvalue weighted by molar-refractivity contribution is -0.283. The maximum absolute atomic E-state index is 13.1. The highest BCUT2D eigenvalue weighted by Crippen LogP contribution is 2.26. The maximum Gasteiger partial charge on any atom is 0.306 e. The predicted molar refractivity (Wildman–Crippen MR) is 169 cm³/mol. The summed E-state index contributed by atoms with van der Waals surface area (Å²) in [6.07, 6.45) is -6.68. The summed E-state index contributed by atoms with van der Waals surface area (Å²) >= 11 is 0. The number of esters is 1. The van der Waals surface area contributed by atoms with E-state index in [2.05, 4.69) is 16.0 Å². The summed E-state index contributed by atoms with van der Waals surface area (Å²) in [7, 11) is 0. The first-order valence-corrected chi connectivity index (χ1v) is 15.5. The van der Waals surface area contributed by atoms with Gasteiger partial charge in [-0.05, 0) is 31.4 Å². The van der Waals surface area contributed by atoms with Gasteiger partial charge in [0.05, 0.1) is 13.2 Å². The van der Waals surface area contributed by atoms with Gasteiger partial charge in [0.15, 0.2) is 6.29 Å². The van der Waals surface area contributed by atoms with Crippen molar-refractivity contribution in [3.63, 3.8) is 0 Å². The van der Waals surface area contributed by atoms with E-state index in [1.165, 1.54) is 20.8 Å². The summed E-state index contributed by atoms with van der Waals surface area (Å²) in [5.41, 5.74) is 7.02. The lowest BCUT2D eigenvalue weighted by Crippen LogP contribution is -2.66. The Morgan fingerprint density at radius 2 is 1.52 bits per heavy atom. The van der Waals surface area contributed by atoms with E-state index in [4.69, 9.17) is 24.7 Å². The number of carbonyl (C=O) groups is 5. The molecule has 15 heteroatoms. The average Bonchev–Trinajstić information content (AvgIpc) is 3.07. The van der Waals surface area contributed by atoms with Gasteiger partial charge in [0.1, 0.15) is 49.1 Å². The van der Waals surface area contributed by atoms with Crippen LogP contribution in [0.5, 0.6) is 0 Å². The first kappa shape index (κ1) is 38.0. The molecule has 3 rings (SSSR count). The Morgan fingerprint density at radius 1 is 0.917 bits per heavy atom. The number of rotatable bonds is 17. The SMILES string of the molecule is CC(=O)N[C@H]1[C@@H](OCc2ccccc2)O[C@H](CO)[C@@H](O)[C@@H]1OC(C)C(=O)N[C@@H](C)C(=O)N[C@H](CCC(=O)OCc1ccccc1)C(N)=O. The summed E-state index contributed by atoms with van der Waals surface area (Å²) in [6, 6.07) is 14.6. The van der Waals surface area contributed by atoms with Gasteiger partial charge in [-0.15, -0.1) is 0 Å². The van der Waals surface area contributed by atoms with Crippen molar-refractivity contribution < 1.29 is 53.1 Å². The Labute approximate surface area is 278 Å². The molecule has 4 amide bonds. The van der Waals surface area contributed by atoms with E-state index in [0.717, 1.165) is 11.1 Å². The number of hydrogen-bond donors (Lipinski definition) is 6. The molecule has 7 N–H and O–H groups in total. The topological polar surface area (TPSA) is 225 Å². The standard InChI is InChI=1S/C33H44N4O11/c1-19(31(43)37-24(30(34)42)14-15-26(40)45-17-22-10-6-4-7-11-22)35-32(44)20(2)47-29-27(36-21(3)39)33(48-25(16-38)28(29)41)46-18-23-12-8-5-9-13-23/h4-13,19-20,24-25,27-29,33,38,41H,14-18H2,1-3H3,(H2,34,42)(H,35,44)(H,36,39)(H,37,43)/t19-,20?,24+,25+,27+,28+,29+,33-/m0/s1. The Kier molecular flexibility index (Phi) is 14.9. The van der Waals surface area contributed by atoms with Gasteiger partial charge in [0.25, 0.3) is 0 Å². The van der Waals surface area contributed by atoms with Gasteiger partial charge in [0.2, 0.25) is 23.6 Å². The van der Waals surface area contributed by atoms with Gasteiger partial charge in [-0.2, -0.15) is 0 Å². The number of nitrogens with one attached hydrogen (secondary N) is 3. The number of hydrogen-bond acceptors (Lipinski definition) is 11. The van der Waals surface area contributed by atoms with Gasteiger partial charge < -0.3 is 50.8 Å². The lowest BCUT2D eigenvalue weighted by atomic mass is 9.96. The third-order valence-electron chi connectivity index (χ3n) is 7.50. The summed E-state index contributed by atoms with van der Waals surface area (Å²) in [6.45, 7) is 3.50. The molecule has 0 aromatic heterocycles. The van der Waals surface area contributed by atoms with Crippen molar-refractivity contribution in [1.29, 1.82) is 0 Å². The fourth-order valence-corrected chi connectivity index (χ4v) is 4.86. The van der Waals surface area contributed by atoms with Crippen LogP contribution < -0.4 is 21.7 Å². The summed E-state index contributed by atoms with van der Waals surface area (Å²) in [4.78, 5) is 62.2. The molecule has 1 saturated heterocycles. The number of benzene rings is 2. The molecule has 8 atom stereocenters. The minimum Gasteiger partial charge on any atom is -0.461 e. The van der Waals surface area contributed by atoms with Gasteiger partial charge in [-0.3, -0.25) is 24.0 Å². The van der Waals surface area contributed by atoms with Gasteiger partial charge in [-0.25, -0.2) is 0 Å². The molecule has 0 aliphatic carbocycles. The van der Waals surface area contributed by atoms with E-state index in [-0.39, 0.29) is 26.1 Å². The second-order valence-corrected chi connectivity index (χ2v) is 11.4. The van der Waals surface area contributed by atoms with Crippen molar-refractivity contribution in [2.75, 3.05) is 6.61 Å². The molecule has 0 bridgehead atoms. The van der Waals surface area contributed by atoms with E-state index < -0.39 is 85.0 Å². The molecule has 1 unspecified atom stereocenters. The summed E-state index contributed by atoms with van der Waals surface area (Å²) < 4.78 is 22.7. The maximum atomic E-state index is 13.1. The van der Waals surface area contributed by atoms with Crippen molar-refractivity contribution >= 4 is 29.6 Å². The molecule has 0 saturated carbocycles. The molecule has 262 valence electrons. The molecule has 0 radical (unpaired) electrons. The Balaban J connectivity index is 1.58. The minimum atomic E-state index is -1.48. The number of amides is 4. The van der Waals surface area contributed by atoms with E-state index in [1.807, 2.05) is 36.4 Å². The van der Waals surface area contributed by atoms with Gasteiger partial charge in [0, 0.05) is 13.3 Å². The minimum absolute atomic E-state index is 0.0507. The first-order valence-electron chi connectivity index (χ1n) is 15.5. The average molecular weight is 673 g/mol. The van der Waals surface area contributed by atoms with Crippen molar-refractivity contribution in [3.05, 3.63) is 71.8 Å². The van der Waals surface area contributed by atoms with Crippen molar-refractivity contribution in [2.24, 2.45) is 5.73 Å². The highest BCUT2D eigenvalue weighted by molar-refractivity contribution is 5.92. The van der Waals surface area contributed by atoms with Crippen molar-refractivity contribution in [1.82, 2.24) is 16.0 Å². The second-order valence-electron chi connectivity index (χ2n) is 11.4. The first-order chi connectivity index (χ1) is 22.9. The quantitative estimate of drug-likeness (QED) is 0.118. The van der Waals surface area contributed by atoms with Crippen LogP contribution in [-0.2, 0) is 56.1 Å². The zero-order valence-electron chi connectivity index (χ0n) is 27.1. The molecule has 1 aliphatic heterocycles. The molecule has 1 aliphatic rings. The van der Waals surface area contributed by atoms with Crippen LogP contribution >= 0.6 is 0 Å². The van der Waals surface area contributed by atoms with Gasteiger partial charge >= 0.3 is 5.97 Å². The number of ether oxygens (including phenoxy) is 4. The smallest absolute Gasteiger partial charge is 0.306 e. The molecule has 1 fully saturated rings. The lowest BCUT2D eigenvalue weighted by Gasteiger charge is -2.44. The third-order valence-corrected chi connectivity index (χ3v) is 7.50. The van der Waals surface area contributed by atoms with Crippen molar-refractivity contribution in [3.8, 4) is 0 Å². The predicted octanol–water partition coefficient (Wildman–Crippen LogP) is -0.442. The van der Waals surface area contributed by atoms with Crippen LogP contribution in [-0.4, -0.2) is 95.2 Å². The van der Waals surface area contributed by atoms with Crippen LogP contribution in [0.4, 0.5) is 0 Å². The van der Waals surface area contributed by atoms with E-state index >= 15 is 0 Å². The fourth-order valence-electron chi connectivity index (χ4n) is 4.86. The molecular formula is C33H44N4O11. The number of aliphatic hydroxyl groups excluding tert-OH is 2. The zero-order valence-corrected chi connectivity index (χ0v) is 27.1. The fraction of sp³-hybridized carbons (Fsp3) is 0.485. The molecule has 1 heterocycles. The Bertz CT molecular complexity index is 1360. The molecule has 2 aromatic rings. The monoisotopic (exact) mass is 672 g/mol. The van der Waals surface area contributed by atoms with Crippen LogP contribution in [0.25, 0.3) is 0 Å². The van der Waals surface area contributed by atoms with Crippen LogP contribution in [0.1, 0.15) is 44.7 Å². The highest BCUT2D eigenvalue weighted by atomic mass is 16.7. The Hall–Kier alpha value is -4.41. The van der Waals surface area contributed by atoms with E-state index in [1.54, 1.807) is 24.3 Å². The normalized spacial score (nSPS) is 22.4. The van der Waals surface area contributed by atoms with Crippen LogP contribution in [0.2, 0.25) is 0 Å². The van der Waals surface area contributed by atoms with Crippen LogP contribution in [0.15, 0.2) is 60.7 Å². The number of primary amides is 1. The summed E-state index contributed by atoms with van der Waals surface area (Å²) in [5, 5.41) is 28.4. The van der Waals surface area contributed by atoms with Gasteiger partial charge in [-0.1, -0.05) is 60.7 Å². The Morgan fingerprint density at radius 3 is 2.08 bits per heavy atom. The molecular weight excluding hydrogens is 628 g/mol. The number of aliphatic hydroxyl groups is 2. The van der Waals surface area contributed by atoms with Crippen molar-refractivity contribution in [2.45, 2.75) is 95.7 Å². The number of nitrogens with two attached hydrogens (primary N) is 1. The second kappa shape index (κ2) is 18.8.